The molecule has 0 aromatic heterocycles. The molecule has 2 aromatic carbocycles. The van der Waals surface area contributed by atoms with E-state index in [0.717, 1.165) is 0 Å². The topological polar surface area (TPSA) is 63.5 Å². The van der Waals surface area contributed by atoms with Gasteiger partial charge in [-0.25, -0.2) is 4.39 Å². The van der Waals surface area contributed by atoms with Crippen molar-refractivity contribution >= 4 is 28.9 Å². The van der Waals surface area contributed by atoms with Gasteiger partial charge in [0.2, 0.25) is 0 Å². The Morgan fingerprint density at radius 3 is 2.75 bits per heavy atom. The molecule has 0 aliphatic carbocycles. The van der Waals surface area contributed by atoms with Crippen molar-refractivity contribution in [3.05, 3.63) is 68.0 Å². The van der Waals surface area contributed by atoms with Gasteiger partial charge < -0.3 is 4.90 Å². The Morgan fingerprint density at radius 2 is 2.08 bits per heavy atom. The number of fused-ring (bicyclic) bond motifs is 1. The van der Waals surface area contributed by atoms with Crippen LogP contribution in [0, 0.1) is 22.9 Å². The number of hydrogen-bond donors (Lipinski definition) is 0. The van der Waals surface area contributed by atoms with E-state index in [2.05, 4.69) is 0 Å². The normalized spacial score (nSPS) is 13.5. The number of non-ortho nitro benzene ring substituents is 1. The van der Waals surface area contributed by atoms with Crippen LogP contribution in [-0.2, 0) is 6.42 Å². The lowest BCUT2D eigenvalue weighted by molar-refractivity contribution is -0.384. The van der Waals surface area contributed by atoms with E-state index in [4.69, 9.17) is 11.6 Å². The number of nitrogens with zero attached hydrogens (tertiary/aromatic N) is 2. The third-order valence-corrected chi connectivity index (χ3v) is 4.32. The van der Waals surface area contributed by atoms with E-state index < -0.39 is 10.7 Å². The number of benzene rings is 2. The predicted octanol–water partition coefficient (Wildman–Crippen LogP) is 4.29. The van der Waals surface area contributed by atoms with Gasteiger partial charge in [-0.3, -0.25) is 14.9 Å². The zero-order valence-corrected chi connectivity index (χ0v) is 13.6. The standard InChI is InChI=1S/C17H14ClFN2O3/c1-10-7-13(21(23)24)4-5-14(10)17(22)20-6-2-3-11-8-12(18)9-15(19)16(11)20/h4-5,7-9H,2-3,6H2,1H3. The molecule has 124 valence electrons. The number of anilines is 1. The Hall–Kier alpha value is -2.47. The van der Waals surface area contributed by atoms with Crippen LogP contribution in [0.4, 0.5) is 15.8 Å². The Labute approximate surface area is 142 Å². The first kappa shape index (κ1) is 16.4. The van der Waals surface area contributed by atoms with E-state index in [9.17, 15) is 19.3 Å². The largest absolute Gasteiger partial charge is 0.305 e. The van der Waals surface area contributed by atoms with Gasteiger partial charge in [0, 0.05) is 29.3 Å². The van der Waals surface area contributed by atoms with Crippen LogP contribution in [0.3, 0.4) is 0 Å². The first-order valence-corrected chi connectivity index (χ1v) is 7.81. The number of carbonyl (C=O) groups is 1. The molecule has 0 atom stereocenters. The molecule has 1 amide bonds. The molecule has 5 nitrogen and oxygen atoms in total. The molecule has 1 aliphatic rings. The summed E-state index contributed by atoms with van der Waals surface area (Å²) in [5, 5.41) is 11.1. The molecule has 1 heterocycles. The fourth-order valence-electron chi connectivity index (χ4n) is 3.00. The van der Waals surface area contributed by atoms with Crippen LogP contribution in [0.2, 0.25) is 5.02 Å². The molecule has 0 bridgehead atoms. The van der Waals surface area contributed by atoms with Crippen LogP contribution in [-0.4, -0.2) is 17.4 Å². The van der Waals surface area contributed by atoms with E-state index in [1.54, 1.807) is 13.0 Å². The Morgan fingerprint density at radius 1 is 1.33 bits per heavy atom. The van der Waals surface area contributed by atoms with E-state index in [0.29, 0.717) is 41.1 Å². The summed E-state index contributed by atoms with van der Waals surface area (Å²) in [6.45, 7) is 2.02. The number of carbonyl (C=O) groups excluding carboxylic acids is 1. The van der Waals surface area contributed by atoms with Gasteiger partial charge in [0.15, 0.2) is 0 Å². The average Bonchev–Trinajstić information content (AvgIpc) is 2.53. The quantitative estimate of drug-likeness (QED) is 0.600. The van der Waals surface area contributed by atoms with Crippen LogP contribution < -0.4 is 4.90 Å². The molecule has 24 heavy (non-hydrogen) atoms. The highest BCUT2D eigenvalue weighted by Crippen LogP contribution is 2.34. The van der Waals surface area contributed by atoms with Crippen molar-refractivity contribution in [1.82, 2.24) is 0 Å². The second kappa shape index (κ2) is 6.20. The van der Waals surface area contributed by atoms with E-state index >= 15 is 0 Å². The summed E-state index contributed by atoms with van der Waals surface area (Å²) >= 11 is 5.89. The van der Waals surface area contributed by atoms with Gasteiger partial charge in [-0.1, -0.05) is 11.6 Å². The highest BCUT2D eigenvalue weighted by atomic mass is 35.5. The summed E-state index contributed by atoms with van der Waals surface area (Å²) in [7, 11) is 0. The van der Waals surface area contributed by atoms with Crippen molar-refractivity contribution in [2.45, 2.75) is 19.8 Å². The first-order chi connectivity index (χ1) is 11.4. The van der Waals surface area contributed by atoms with Gasteiger partial charge in [0.25, 0.3) is 11.6 Å². The van der Waals surface area contributed by atoms with Crippen molar-refractivity contribution in [2.75, 3.05) is 11.4 Å². The summed E-state index contributed by atoms with van der Waals surface area (Å²) in [6, 6.07) is 6.90. The minimum absolute atomic E-state index is 0.0824. The SMILES string of the molecule is Cc1cc([N+](=O)[O-])ccc1C(=O)N1CCCc2cc(Cl)cc(F)c21. The van der Waals surface area contributed by atoms with E-state index in [1.807, 2.05) is 0 Å². The molecule has 0 N–H and O–H groups in total. The molecule has 0 fully saturated rings. The smallest absolute Gasteiger partial charge is 0.269 e. The summed E-state index contributed by atoms with van der Waals surface area (Å²) in [5.41, 5.74) is 1.66. The van der Waals surface area contributed by atoms with Crippen LogP contribution in [0.15, 0.2) is 30.3 Å². The Balaban J connectivity index is 2.03. The minimum Gasteiger partial charge on any atom is -0.305 e. The van der Waals surface area contributed by atoms with Gasteiger partial charge in [-0.2, -0.15) is 0 Å². The molecule has 3 rings (SSSR count). The Bertz CT molecular complexity index is 854. The molecule has 0 saturated carbocycles. The average molecular weight is 349 g/mol. The van der Waals surface area contributed by atoms with Crippen molar-refractivity contribution in [1.29, 1.82) is 0 Å². The van der Waals surface area contributed by atoms with Gasteiger partial charge in [-0.05, 0) is 49.1 Å². The summed E-state index contributed by atoms with van der Waals surface area (Å²) in [6.07, 6.45) is 1.35. The lowest BCUT2D eigenvalue weighted by Gasteiger charge is -2.30. The molecule has 2 aromatic rings. The Kier molecular flexibility index (Phi) is 4.24. The number of halogens is 2. The van der Waals surface area contributed by atoms with E-state index in [-0.39, 0.29) is 17.3 Å². The third kappa shape index (κ3) is 2.85. The molecular formula is C17H14ClFN2O3. The number of hydrogen-bond acceptors (Lipinski definition) is 3. The monoisotopic (exact) mass is 348 g/mol. The van der Waals surface area contributed by atoms with Gasteiger partial charge in [-0.15, -0.1) is 0 Å². The van der Waals surface area contributed by atoms with Crippen LogP contribution in [0.25, 0.3) is 0 Å². The molecular weight excluding hydrogens is 335 g/mol. The lowest BCUT2D eigenvalue weighted by atomic mass is 9.99. The number of amides is 1. The summed E-state index contributed by atoms with van der Waals surface area (Å²) in [5.74, 6) is -0.908. The molecule has 0 unspecified atom stereocenters. The van der Waals surface area contributed by atoms with Crippen LogP contribution >= 0.6 is 11.6 Å². The number of rotatable bonds is 2. The van der Waals surface area contributed by atoms with Crippen LogP contribution in [0.1, 0.15) is 27.9 Å². The number of nitro groups is 1. The second-order valence-electron chi connectivity index (χ2n) is 5.71. The third-order valence-electron chi connectivity index (χ3n) is 4.10. The van der Waals surface area contributed by atoms with Gasteiger partial charge in [0.05, 0.1) is 10.6 Å². The lowest BCUT2D eigenvalue weighted by Crippen LogP contribution is -2.36. The van der Waals surface area contributed by atoms with Crippen molar-refractivity contribution < 1.29 is 14.1 Å². The number of nitro benzene ring substituents is 1. The maximum Gasteiger partial charge on any atom is 0.269 e. The zero-order chi connectivity index (χ0) is 17.4. The second-order valence-corrected chi connectivity index (χ2v) is 6.15. The van der Waals surface area contributed by atoms with Crippen molar-refractivity contribution in [3.63, 3.8) is 0 Å². The van der Waals surface area contributed by atoms with Gasteiger partial charge >= 0.3 is 0 Å². The summed E-state index contributed by atoms with van der Waals surface area (Å²) < 4.78 is 14.4. The summed E-state index contributed by atoms with van der Waals surface area (Å²) in [4.78, 5) is 24.6. The molecule has 1 aliphatic heterocycles. The van der Waals surface area contributed by atoms with Crippen LogP contribution in [0.5, 0.6) is 0 Å². The first-order valence-electron chi connectivity index (χ1n) is 7.43. The fraction of sp³-hybridized carbons (Fsp3) is 0.235. The molecule has 7 heteroatoms. The predicted molar refractivity (Wildman–Crippen MR) is 89.2 cm³/mol. The minimum atomic E-state index is -0.537. The molecule has 0 spiro atoms. The fourth-order valence-corrected chi connectivity index (χ4v) is 3.23. The van der Waals surface area contributed by atoms with Gasteiger partial charge in [0.1, 0.15) is 5.82 Å². The number of aryl methyl sites for hydroxylation is 2. The maximum atomic E-state index is 14.4. The molecule has 0 radical (unpaired) electrons. The van der Waals surface area contributed by atoms with Crippen molar-refractivity contribution in [2.24, 2.45) is 0 Å². The zero-order valence-electron chi connectivity index (χ0n) is 12.9. The maximum absolute atomic E-state index is 14.4. The highest BCUT2D eigenvalue weighted by molar-refractivity contribution is 6.30. The highest BCUT2D eigenvalue weighted by Gasteiger charge is 2.28. The van der Waals surface area contributed by atoms with E-state index in [1.165, 1.54) is 29.2 Å². The van der Waals surface area contributed by atoms with Crippen molar-refractivity contribution in [3.8, 4) is 0 Å². The molecule has 0 saturated heterocycles.